The summed E-state index contributed by atoms with van der Waals surface area (Å²) in [6.07, 6.45) is 0.319. The van der Waals surface area contributed by atoms with E-state index in [0.29, 0.717) is 49.7 Å². The van der Waals surface area contributed by atoms with Crippen molar-refractivity contribution < 1.29 is 88.5 Å². The largest absolute Gasteiger partial charge is 0.549 e. The Labute approximate surface area is 507 Å². The number of hydrogen-bond donors (Lipinski definition) is 10. The number of hydrogen-bond acceptors (Lipinski definition) is 22. The highest BCUT2D eigenvalue weighted by Gasteiger charge is 2.34. The lowest BCUT2D eigenvalue weighted by Gasteiger charge is -2.34. The molecule has 0 unspecified atom stereocenters. The van der Waals surface area contributed by atoms with Gasteiger partial charge in [-0.1, -0.05) is 42.5 Å². The summed E-state index contributed by atoms with van der Waals surface area (Å²) in [6.45, 7) is 1.10. The number of ketones is 3. The van der Waals surface area contributed by atoms with E-state index in [1.54, 1.807) is 57.2 Å². The molecular formula is C57H76N11O18S-3. The molecule has 0 aliphatic carbocycles. The smallest absolute Gasteiger partial charge is 0.328 e. The normalized spacial score (nSPS) is 15.9. The van der Waals surface area contributed by atoms with Gasteiger partial charge in [0.25, 0.3) is 0 Å². The van der Waals surface area contributed by atoms with E-state index in [2.05, 4.69) is 36.6 Å². The van der Waals surface area contributed by atoms with Gasteiger partial charge in [0.15, 0.2) is 16.7 Å². The Morgan fingerprint density at radius 2 is 1.11 bits per heavy atom. The van der Waals surface area contributed by atoms with E-state index in [9.17, 15) is 88.5 Å². The molecule has 0 radical (unpaired) electrons. The number of amides is 3. The van der Waals surface area contributed by atoms with E-state index in [1.807, 2.05) is 17.0 Å². The SMILES string of the molecule is C[C@H](NC(=O)[C@H](CC(=O)O)CC(=O)CCCNC(=S)Nc1ccc(CN2CCN(CC(=O)[O-])CCN(CC(=O)[O-])CCN(CC(=O)[O-])CC2)cc1)C(=O)C[C@@H](Cc1cnc[nH]1)C(=O)N[C@@H](CO)C(=O)C[C@@H](Cc1ccccc1)C(=O)N[C@@H](CO)C(=O)O. The highest BCUT2D eigenvalue weighted by Crippen LogP contribution is 2.19. The lowest BCUT2D eigenvalue weighted by Crippen LogP contribution is -2.51. The van der Waals surface area contributed by atoms with E-state index in [-0.39, 0.29) is 76.6 Å². The van der Waals surface area contributed by atoms with Gasteiger partial charge in [-0.3, -0.25) is 53.2 Å². The number of aromatic nitrogens is 2. The van der Waals surface area contributed by atoms with Gasteiger partial charge in [0, 0.05) is 141 Å². The highest BCUT2D eigenvalue weighted by molar-refractivity contribution is 7.80. The van der Waals surface area contributed by atoms with Crippen LogP contribution < -0.4 is 41.9 Å². The standard InChI is InChI=1S/C57H79N11O18S/c1-36(47(72)25-40(23-43-28-58-35-60-43)55(84)63-45(33-69)48(73)26-39(22-37-6-3-2-4-7-37)54(83)64-46(34-70)56(85)86)61-53(82)41(27-49(74)75)24-44(71)8-5-13-59-57(87)62-42-11-9-38(10-12-42)29-65-14-16-66(30-50(76)77)18-20-68(32-52(80)81)21-19-67(17-15-65)31-51(78)79/h2-4,6-7,9-12,28,35-36,39-41,45-46,69-70H,5,8,13-27,29-34H2,1H3,(H,58,60)(H,61,82)(H,63,84)(H,64,83)(H,74,75)(H,76,77)(H,78,79)(H,80,81)(H,85,86)(H2,59,62,87)/p-3/t36-,39+,40+,41-,45-,46-/m0/s1. The van der Waals surface area contributed by atoms with Crippen molar-refractivity contribution >= 4 is 87.9 Å². The van der Waals surface area contributed by atoms with Crippen LogP contribution in [0.4, 0.5) is 5.69 Å². The molecule has 87 heavy (non-hydrogen) atoms. The molecule has 4 rings (SSSR count). The number of carboxylic acid groups (broad SMARTS) is 5. The number of aromatic amines is 1. The van der Waals surface area contributed by atoms with Crippen molar-refractivity contribution in [1.29, 1.82) is 0 Å². The van der Waals surface area contributed by atoms with Crippen LogP contribution in [0.25, 0.3) is 0 Å². The lowest BCUT2D eigenvalue weighted by molar-refractivity contribution is -0.308. The Balaban J connectivity index is 1.29. The first-order valence-corrected chi connectivity index (χ1v) is 28.6. The number of rotatable bonds is 36. The predicted molar refractivity (Wildman–Crippen MR) is 307 cm³/mol. The van der Waals surface area contributed by atoms with Crippen molar-refractivity contribution in [1.82, 2.24) is 50.8 Å². The minimum atomic E-state index is -1.67. The maximum atomic E-state index is 13.9. The minimum absolute atomic E-state index is 0.0525. The summed E-state index contributed by atoms with van der Waals surface area (Å²) in [6, 6.07) is 11.1. The fraction of sp³-hybridized carbons (Fsp3) is 0.526. The van der Waals surface area contributed by atoms with Crippen LogP contribution in [-0.2, 0) is 72.1 Å². The maximum absolute atomic E-state index is 13.9. The number of aliphatic carboxylic acids is 5. The predicted octanol–water partition coefficient (Wildman–Crippen LogP) is -5.32. The van der Waals surface area contributed by atoms with E-state index >= 15 is 0 Å². The zero-order valence-electron chi connectivity index (χ0n) is 48.2. The van der Waals surface area contributed by atoms with E-state index in [1.165, 1.54) is 19.4 Å². The molecule has 0 saturated carbocycles. The van der Waals surface area contributed by atoms with Gasteiger partial charge in [-0.2, -0.15) is 0 Å². The molecule has 10 N–H and O–H groups in total. The average Bonchev–Trinajstić information content (AvgIpc) is 4.10. The molecule has 6 atom stereocenters. The molecule has 2 aromatic carbocycles. The summed E-state index contributed by atoms with van der Waals surface area (Å²) in [4.78, 5) is 153. The van der Waals surface area contributed by atoms with E-state index < -0.39 is 146 Å². The molecule has 1 fully saturated rings. The molecule has 3 amide bonds. The summed E-state index contributed by atoms with van der Waals surface area (Å²) in [5, 5.41) is 86.7. The Bertz CT molecular complexity index is 2760. The molecule has 3 aromatic rings. The molecule has 1 aromatic heterocycles. The zero-order chi connectivity index (χ0) is 64.0. The zero-order valence-corrected chi connectivity index (χ0v) is 49.0. The van der Waals surface area contributed by atoms with E-state index in [0.717, 1.165) is 5.56 Å². The van der Waals surface area contributed by atoms with Gasteiger partial charge in [-0.15, -0.1) is 0 Å². The van der Waals surface area contributed by atoms with Crippen LogP contribution in [0.2, 0.25) is 0 Å². The van der Waals surface area contributed by atoms with Crippen LogP contribution >= 0.6 is 12.2 Å². The van der Waals surface area contributed by atoms with Crippen molar-refractivity contribution in [2.24, 2.45) is 17.8 Å². The first-order chi connectivity index (χ1) is 41.4. The third-order valence-electron chi connectivity index (χ3n) is 14.3. The quantitative estimate of drug-likeness (QED) is 0.0192. The fourth-order valence-electron chi connectivity index (χ4n) is 9.50. The topological polar surface area (TPSA) is 440 Å². The number of thiocarbonyl (C=S) groups is 1. The Morgan fingerprint density at radius 1 is 0.609 bits per heavy atom. The summed E-state index contributed by atoms with van der Waals surface area (Å²) < 4.78 is 0. The number of carbonyl (C=O) groups is 11. The Morgan fingerprint density at radius 3 is 1.61 bits per heavy atom. The summed E-state index contributed by atoms with van der Waals surface area (Å²) in [5.74, 6) is -15.2. The maximum Gasteiger partial charge on any atom is 0.328 e. The number of aliphatic hydroxyl groups excluding tert-OH is 2. The summed E-state index contributed by atoms with van der Waals surface area (Å²) >= 11 is 5.46. The Hall–Kier alpha value is -8.13. The van der Waals surface area contributed by atoms with Gasteiger partial charge >= 0.3 is 11.9 Å². The molecule has 1 aliphatic heterocycles. The van der Waals surface area contributed by atoms with Crippen molar-refractivity contribution in [3.8, 4) is 0 Å². The van der Waals surface area contributed by atoms with Crippen molar-refractivity contribution in [3.05, 3.63) is 83.9 Å². The molecule has 476 valence electrons. The second kappa shape index (κ2) is 37.4. The van der Waals surface area contributed by atoms with Crippen LogP contribution in [-0.4, -0.2) is 230 Å². The van der Waals surface area contributed by atoms with Crippen molar-refractivity contribution in [2.75, 3.05) is 97.1 Å². The average molecular weight is 1240 g/mol. The van der Waals surface area contributed by atoms with Crippen molar-refractivity contribution in [2.45, 2.75) is 83.0 Å². The van der Waals surface area contributed by atoms with Gasteiger partial charge in [0.05, 0.1) is 61.7 Å². The monoisotopic (exact) mass is 1230 g/mol. The molecule has 29 nitrogen and oxygen atoms in total. The third kappa shape index (κ3) is 27.4. The van der Waals surface area contributed by atoms with E-state index in [4.69, 9.17) is 12.2 Å². The van der Waals surface area contributed by atoms with Crippen LogP contribution in [0.15, 0.2) is 67.1 Å². The molecular weight excluding hydrogens is 1160 g/mol. The van der Waals surface area contributed by atoms with Gasteiger partial charge in [-0.05, 0) is 55.2 Å². The van der Waals surface area contributed by atoms with Crippen LogP contribution in [0.1, 0.15) is 62.3 Å². The first-order valence-electron chi connectivity index (χ1n) is 28.2. The van der Waals surface area contributed by atoms with Crippen LogP contribution in [0.3, 0.4) is 0 Å². The fourth-order valence-corrected chi connectivity index (χ4v) is 9.72. The lowest BCUT2D eigenvalue weighted by atomic mass is 9.90. The Kier molecular flexibility index (Phi) is 30.7. The molecule has 1 saturated heterocycles. The van der Waals surface area contributed by atoms with Crippen LogP contribution in [0.5, 0.6) is 0 Å². The van der Waals surface area contributed by atoms with Crippen molar-refractivity contribution in [3.63, 3.8) is 0 Å². The molecule has 1 aliphatic rings. The number of Topliss-reactive ketones (excluding diaryl/α,β-unsaturated/α-hetero) is 3. The number of nitrogens with zero attached hydrogens (tertiary/aromatic N) is 5. The number of H-pyrrole nitrogens is 1. The number of anilines is 1. The van der Waals surface area contributed by atoms with Crippen LogP contribution in [0, 0.1) is 17.8 Å². The van der Waals surface area contributed by atoms with Gasteiger partial charge in [-0.25, -0.2) is 9.78 Å². The number of nitrogens with one attached hydrogen (secondary N) is 6. The van der Waals surface area contributed by atoms with Gasteiger partial charge in [0.1, 0.15) is 17.9 Å². The highest BCUT2D eigenvalue weighted by atomic mass is 32.1. The number of imidazole rings is 1. The van der Waals surface area contributed by atoms with Gasteiger partial charge < -0.3 is 81.7 Å². The molecule has 0 spiro atoms. The summed E-state index contributed by atoms with van der Waals surface area (Å²) in [7, 11) is 0. The molecule has 30 heteroatoms. The second-order valence-corrected chi connectivity index (χ2v) is 21.6. The minimum Gasteiger partial charge on any atom is -0.549 e. The molecule has 2 heterocycles. The number of carboxylic acids is 5. The van der Waals surface area contributed by atoms with Gasteiger partial charge in [0.2, 0.25) is 17.7 Å². The second-order valence-electron chi connectivity index (χ2n) is 21.2. The number of benzene rings is 2. The number of aliphatic hydroxyl groups is 2. The third-order valence-corrected chi connectivity index (χ3v) is 14.5. The summed E-state index contributed by atoms with van der Waals surface area (Å²) in [5.41, 5.74) is 2.48. The first kappa shape index (κ1) is 71.4. The number of carbonyl (C=O) groups excluding carboxylic acids is 9. The molecule has 0 bridgehead atoms.